The fraction of sp³-hybridized carbons (Fsp3) is 0.364. The molecule has 2 aromatic rings. The van der Waals surface area contributed by atoms with Crippen LogP contribution in [-0.2, 0) is 9.59 Å². The second kappa shape index (κ2) is 10.1. The SMILES string of the molecule is Cc1cccc(C)c1NC(=O)CN1CCN(CC(=O)Nc2ccc([N+](=O)[O-])cc2)CC1. The standard InChI is InChI=1S/C22H27N5O4/c1-16-4-3-5-17(2)22(16)24-21(29)15-26-12-10-25(11-13-26)14-20(28)23-18-6-8-19(9-7-18)27(30)31/h3-9H,10-15H2,1-2H3,(H,23,28)(H,24,29). The average molecular weight is 425 g/mol. The lowest BCUT2D eigenvalue weighted by Gasteiger charge is -2.33. The molecule has 0 saturated carbocycles. The molecule has 0 aromatic heterocycles. The third-order valence-corrected chi connectivity index (χ3v) is 5.31. The van der Waals surface area contributed by atoms with Gasteiger partial charge in [0, 0.05) is 49.7 Å². The highest BCUT2D eigenvalue weighted by atomic mass is 16.6. The number of para-hydroxylation sites is 1. The predicted molar refractivity (Wildman–Crippen MR) is 119 cm³/mol. The van der Waals surface area contributed by atoms with Crippen LogP contribution in [0.5, 0.6) is 0 Å². The summed E-state index contributed by atoms with van der Waals surface area (Å²) in [4.78, 5) is 39.0. The number of non-ortho nitro benzene ring substituents is 1. The van der Waals surface area contributed by atoms with Crippen molar-refractivity contribution in [2.24, 2.45) is 0 Å². The van der Waals surface area contributed by atoms with Crippen molar-refractivity contribution in [1.29, 1.82) is 0 Å². The first-order valence-electron chi connectivity index (χ1n) is 10.2. The Kier molecular flexibility index (Phi) is 7.32. The molecule has 0 unspecified atom stereocenters. The zero-order valence-electron chi connectivity index (χ0n) is 17.8. The average Bonchev–Trinajstić information content (AvgIpc) is 2.72. The Balaban J connectivity index is 1.41. The van der Waals surface area contributed by atoms with E-state index in [4.69, 9.17) is 0 Å². The van der Waals surface area contributed by atoms with E-state index < -0.39 is 4.92 Å². The van der Waals surface area contributed by atoms with Gasteiger partial charge in [-0.2, -0.15) is 0 Å². The normalized spacial score (nSPS) is 14.8. The molecule has 1 saturated heterocycles. The summed E-state index contributed by atoms with van der Waals surface area (Å²) >= 11 is 0. The molecule has 1 aliphatic heterocycles. The number of carbonyl (C=O) groups is 2. The smallest absolute Gasteiger partial charge is 0.269 e. The van der Waals surface area contributed by atoms with Crippen LogP contribution >= 0.6 is 0 Å². The van der Waals surface area contributed by atoms with Crippen LogP contribution in [0.2, 0.25) is 0 Å². The highest BCUT2D eigenvalue weighted by Crippen LogP contribution is 2.19. The van der Waals surface area contributed by atoms with Crippen LogP contribution in [0, 0.1) is 24.0 Å². The number of rotatable bonds is 7. The first-order chi connectivity index (χ1) is 14.8. The number of hydrogen-bond acceptors (Lipinski definition) is 6. The molecule has 1 fully saturated rings. The highest BCUT2D eigenvalue weighted by molar-refractivity contribution is 5.94. The van der Waals surface area contributed by atoms with Gasteiger partial charge in [-0.3, -0.25) is 29.5 Å². The van der Waals surface area contributed by atoms with Gasteiger partial charge in [-0.15, -0.1) is 0 Å². The number of aryl methyl sites for hydroxylation is 2. The number of piperazine rings is 1. The number of nitro benzene ring substituents is 1. The molecule has 9 nitrogen and oxygen atoms in total. The molecule has 0 bridgehead atoms. The van der Waals surface area contributed by atoms with E-state index in [1.807, 2.05) is 36.9 Å². The molecule has 3 rings (SSSR count). The zero-order valence-corrected chi connectivity index (χ0v) is 17.8. The Hall–Kier alpha value is -3.30. The lowest BCUT2D eigenvalue weighted by atomic mass is 10.1. The van der Waals surface area contributed by atoms with E-state index in [1.165, 1.54) is 24.3 Å². The largest absolute Gasteiger partial charge is 0.325 e. The first kappa shape index (κ1) is 22.4. The minimum atomic E-state index is -0.479. The molecule has 0 atom stereocenters. The number of hydrogen-bond donors (Lipinski definition) is 2. The lowest BCUT2D eigenvalue weighted by molar-refractivity contribution is -0.384. The van der Waals surface area contributed by atoms with Crippen LogP contribution < -0.4 is 10.6 Å². The second-order valence-electron chi connectivity index (χ2n) is 7.72. The number of nitro groups is 1. The fourth-order valence-electron chi connectivity index (χ4n) is 3.57. The van der Waals surface area contributed by atoms with Crippen LogP contribution in [0.1, 0.15) is 11.1 Å². The maximum absolute atomic E-state index is 12.4. The first-order valence-corrected chi connectivity index (χ1v) is 10.2. The van der Waals surface area contributed by atoms with Gasteiger partial charge >= 0.3 is 0 Å². The van der Waals surface area contributed by atoms with Gasteiger partial charge in [0.2, 0.25) is 11.8 Å². The van der Waals surface area contributed by atoms with Crippen molar-refractivity contribution in [3.05, 3.63) is 63.7 Å². The van der Waals surface area contributed by atoms with Crippen LogP contribution in [0.15, 0.2) is 42.5 Å². The molecule has 1 aliphatic rings. The summed E-state index contributed by atoms with van der Waals surface area (Å²) in [5.74, 6) is -0.211. The Bertz CT molecular complexity index is 933. The van der Waals surface area contributed by atoms with Gasteiger partial charge in [-0.25, -0.2) is 0 Å². The number of carbonyl (C=O) groups excluding carboxylic acids is 2. The van der Waals surface area contributed by atoms with Gasteiger partial charge in [0.1, 0.15) is 0 Å². The molecule has 9 heteroatoms. The Morgan fingerprint density at radius 1 is 0.871 bits per heavy atom. The molecule has 164 valence electrons. The van der Waals surface area contributed by atoms with Gasteiger partial charge in [-0.05, 0) is 37.1 Å². The van der Waals surface area contributed by atoms with Gasteiger partial charge in [0.15, 0.2) is 0 Å². The second-order valence-corrected chi connectivity index (χ2v) is 7.72. The number of nitrogens with one attached hydrogen (secondary N) is 2. The summed E-state index contributed by atoms with van der Waals surface area (Å²) < 4.78 is 0. The van der Waals surface area contributed by atoms with Crippen molar-refractivity contribution in [3.63, 3.8) is 0 Å². The molecule has 2 N–H and O–H groups in total. The van der Waals surface area contributed by atoms with Gasteiger partial charge in [0.05, 0.1) is 18.0 Å². The summed E-state index contributed by atoms with van der Waals surface area (Å²) in [6.45, 7) is 7.27. The molecule has 0 radical (unpaired) electrons. The van der Waals surface area contributed by atoms with E-state index in [-0.39, 0.29) is 24.0 Å². The van der Waals surface area contributed by atoms with Crippen LogP contribution in [-0.4, -0.2) is 65.8 Å². The third-order valence-electron chi connectivity index (χ3n) is 5.31. The number of amides is 2. The van der Waals surface area contributed by atoms with Gasteiger partial charge < -0.3 is 10.6 Å². The minimum absolute atomic E-state index is 0.0178. The van der Waals surface area contributed by atoms with Crippen molar-refractivity contribution in [2.75, 3.05) is 49.9 Å². The summed E-state index contributed by atoms with van der Waals surface area (Å²) in [7, 11) is 0. The van der Waals surface area contributed by atoms with Crippen molar-refractivity contribution < 1.29 is 14.5 Å². The number of nitrogens with zero attached hydrogens (tertiary/aromatic N) is 3. The molecule has 1 heterocycles. The van der Waals surface area contributed by atoms with E-state index in [0.717, 1.165) is 16.8 Å². The maximum atomic E-state index is 12.4. The van der Waals surface area contributed by atoms with Crippen LogP contribution in [0.25, 0.3) is 0 Å². The molecular formula is C22H27N5O4. The van der Waals surface area contributed by atoms with Crippen LogP contribution in [0.3, 0.4) is 0 Å². The summed E-state index contributed by atoms with van der Waals surface area (Å²) in [6.07, 6.45) is 0. The summed E-state index contributed by atoms with van der Waals surface area (Å²) in [5, 5.41) is 16.5. The lowest BCUT2D eigenvalue weighted by Crippen LogP contribution is -2.50. The van der Waals surface area contributed by atoms with E-state index in [2.05, 4.69) is 15.5 Å². The van der Waals surface area contributed by atoms with Crippen molar-refractivity contribution in [3.8, 4) is 0 Å². The zero-order chi connectivity index (χ0) is 22.4. The maximum Gasteiger partial charge on any atom is 0.269 e. The van der Waals surface area contributed by atoms with E-state index in [0.29, 0.717) is 38.4 Å². The molecular weight excluding hydrogens is 398 g/mol. The predicted octanol–water partition coefficient (Wildman–Crippen LogP) is 2.41. The van der Waals surface area contributed by atoms with Crippen LogP contribution in [0.4, 0.5) is 17.1 Å². The minimum Gasteiger partial charge on any atom is -0.325 e. The summed E-state index contributed by atoms with van der Waals surface area (Å²) in [6, 6.07) is 11.7. The molecule has 2 aromatic carbocycles. The number of anilines is 2. The number of benzene rings is 2. The molecule has 31 heavy (non-hydrogen) atoms. The third kappa shape index (κ3) is 6.34. The fourth-order valence-corrected chi connectivity index (χ4v) is 3.57. The van der Waals surface area contributed by atoms with Crippen molar-refractivity contribution >= 4 is 28.9 Å². The quantitative estimate of drug-likeness (QED) is 0.521. The van der Waals surface area contributed by atoms with Crippen molar-refractivity contribution in [1.82, 2.24) is 9.80 Å². The van der Waals surface area contributed by atoms with Gasteiger partial charge in [-0.1, -0.05) is 18.2 Å². The highest BCUT2D eigenvalue weighted by Gasteiger charge is 2.21. The molecule has 0 aliphatic carbocycles. The molecule has 2 amide bonds. The summed E-state index contributed by atoms with van der Waals surface area (Å²) in [5.41, 5.74) is 3.46. The Morgan fingerprint density at radius 2 is 1.35 bits per heavy atom. The molecule has 0 spiro atoms. The Morgan fingerprint density at radius 3 is 1.84 bits per heavy atom. The van der Waals surface area contributed by atoms with E-state index >= 15 is 0 Å². The van der Waals surface area contributed by atoms with E-state index in [1.54, 1.807) is 0 Å². The van der Waals surface area contributed by atoms with E-state index in [9.17, 15) is 19.7 Å². The van der Waals surface area contributed by atoms with Crippen molar-refractivity contribution in [2.45, 2.75) is 13.8 Å². The monoisotopic (exact) mass is 425 g/mol. The van der Waals surface area contributed by atoms with Gasteiger partial charge in [0.25, 0.3) is 5.69 Å². The Labute approximate surface area is 181 Å². The topological polar surface area (TPSA) is 108 Å².